The number of phosphoric acid groups is 1. The van der Waals surface area contributed by atoms with Gasteiger partial charge in [0.05, 0.1) is 23.3 Å². The van der Waals surface area contributed by atoms with Crippen molar-refractivity contribution >= 4 is 52.4 Å². The number of piperazine rings is 1. The Morgan fingerprint density at radius 2 is 1.83 bits per heavy atom. The molecule has 2 saturated heterocycles. The Balaban J connectivity index is 1.35. The van der Waals surface area contributed by atoms with Crippen LogP contribution in [0.1, 0.15) is 16.7 Å². The highest BCUT2D eigenvalue weighted by atomic mass is 32.1. The van der Waals surface area contributed by atoms with Crippen LogP contribution in [0.2, 0.25) is 0 Å². The first-order valence-corrected chi connectivity index (χ1v) is 17.4. The van der Waals surface area contributed by atoms with Crippen molar-refractivity contribution in [3.05, 3.63) is 102 Å². The maximum atomic E-state index is 14.3. The van der Waals surface area contributed by atoms with Crippen molar-refractivity contribution in [2.45, 2.75) is 31.7 Å². The van der Waals surface area contributed by atoms with Gasteiger partial charge in [0.2, 0.25) is 11.8 Å². The maximum Gasteiger partial charge on any atom is 0.524 e. The van der Waals surface area contributed by atoms with Gasteiger partial charge in [0.25, 0.3) is 0 Å². The van der Waals surface area contributed by atoms with E-state index in [9.17, 15) is 28.7 Å². The molecular weight excluding hydrogens is 657 g/mol. The SMILES string of the molecule is C=CCN1CC(=O)N2[C@H](Cc3ccc(OP(=O)(O)O)cc3)C(=O)N(Cc3cccc4sc(N)nc34)C[C@@H]2N1C(=O)NCc1ccccc1. The number of carbonyl (C=O) groups is 3. The molecule has 1 aromatic heterocycles. The second kappa shape index (κ2) is 13.7. The topological polar surface area (TPSA) is 182 Å². The molecule has 0 radical (unpaired) electrons. The number of carbonyl (C=O) groups excluding carboxylic acids is 3. The molecule has 48 heavy (non-hydrogen) atoms. The van der Waals surface area contributed by atoms with Gasteiger partial charge in [-0.2, -0.15) is 0 Å². The molecule has 4 aromatic rings. The van der Waals surface area contributed by atoms with Crippen LogP contribution in [0.3, 0.4) is 0 Å². The number of nitrogen functional groups attached to an aromatic ring is 1. The first-order valence-electron chi connectivity index (χ1n) is 15.1. The largest absolute Gasteiger partial charge is 0.524 e. The van der Waals surface area contributed by atoms with Crippen LogP contribution < -0.4 is 15.6 Å². The van der Waals surface area contributed by atoms with Crippen molar-refractivity contribution in [2.75, 3.05) is 25.4 Å². The zero-order chi connectivity index (χ0) is 34.0. The molecule has 6 rings (SSSR count). The lowest BCUT2D eigenvalue weighted by molar-refractivity contribution is -0.189. The summed E-state index contributed by atoms with van der Waals surface area (Å²) in [4.78, 5) is 68.1. The standard InChI is InChI=1S/C32H34N7O7PS/c1-2-15-37-20-28(40)38-25(16-21-11-13-24(14-12-21)46-47(43,44)45)30(41)36(18-23-9-6-10-26-29(23)35-31(33)48-26)19-27(38)39(37)32(42)34-17-22-7-4-3-5-8-22/h2-14,25,27H,1,15-20H2,(H2,33,35)(H,34,42)(H2,43,44,45)/t25-,27+/m1/s1. The average Bonchev–Trinajstić information content (AvgIpc) is 3.44. The van der Waals surface area contributed by atoms with Crippen molar-refractivity contribution in [3.8, 4) is 5.75 Å². The Hall–Kier alpha value is -4.79. The Kier molecular flexibility index (Phi) is 9.49. The van der Waals surface area contributed by atoms with Crippen molar-refractivity contribution in [1.82, 2.24) is 30.1 Å². The van der Waals surface area contributed by atoms with Crippen LogP contribution in [0.5, 0.6) is 5.75 Å². The number of benzene rings is 3. The van der Waals surface area contributed by atoms with Crippen LogP contribution in [0.15, 0.2) is 85.5 Å². The van der Waals surface area contributed by atoms with Gasteiger partial charge in [-0.25, -0.2) is 24.4 Å². The number of para-hydroxylation sites is 1. The molecule has 16 heteroatoms. The summed E-state index contributed by atoms with van der Waals surface area (Å²) < 4.78 is 16.9. The van der Waals surface area contributed by atoms with E-state index >= 15 is 0 Å². The predicted molar refractivity (Wildman–Crippen MR) is 179 cm³/mol. The number of amides is 4. The van der Waals surface area contributed by atoms with Crippen molar-refractivity contribution in [3.63, 3.8) is 0 Å². The Morgan fingerprint density at radius 1 is 1.08 bits per heavy atom. The smallest absolute Gasteiger partial charge is 0.404 e. The van der Waals surface area contributed by atoms with E-state index in [4.69, 9.17) is 5.73 Å². The highest BCUT2D eigenvalue weighted by Crippen LogP contribution is 2.38. The number of hydrogen-bond acceptors (Lipinski definition) is 9. The Bertz CT molecular complexity index is 1880. The number of nitrogens with zero attached hydrogens (tertiary/aromatic N) is 5. The summed E-state index contributed by atoms with van der Waals surface area (Å²) in [5.41, 5.74) is 8.96. The molecule has 2 aliphatic rings. The summed E-state index contributed by atoms with van der Waals surface area (Å²) in [5, 5.41) is 6.49. The molecule has 14 nitrogen and oxygen atoms in total. The van der Waals surface area contributed by atoms with Crippen LogP contribution in [0.25, 0.3) is 10.2 Å². The van der Waals surface area contributed by atoms with Gasteiger partial charge in [0.15, 0.2) is 5.13 Å². The number of fused-ring (bicyclic) bond motifs is 2. The van der Waals surface area contributed by atoms with Gasteiger partial charge >= 0.3 is 13.9 Å². The number of nitrogens with one attached hydrogen (secondary N) is 1. The fraction of sp³-hybridized carbons (Fsp3) is 0.250. The zero-order valence-electron chi connectivity index (χ0n) is 25.7. The van der Waals surface area contributed by atoms with Crippen LogP contribution in [-0.2, 0) is 33.7 Å². The van der Waals surface area contributed by atoms with Crippen LogP contribution in [0.4, 0.5) is 9.93 Å². The van der Waals surface area contributed by atoms with Gasteiger partial charge in [-0.3, -0.25) is 19.4 Å². The van der Waals surface area contributed by atoms with Gasteiger partial charge in [0, 0.05) is 26.1 Å². The molecule has 0 spiro atoms. The number of phosphoric ester groups is 1. The lowest BCUT2D eigenvalue weighted by atomic mass is 9.98. The third-order valence-electron chi connectivity index (χ3n) is 8.12. The predicted octanol–water partition coefficient (Wildman–Crippen LogP) is 3.09. The summed E-state index contributed by atoms with van der Waals surface area (Å²) >= 11 is 1.34. The van der Waals surface area contributed by atoms with E-state index in [0.717, 1.165) is 15.8 Å². The molecule has 250 valence electrons. The molecule has 3 heterocycles. The molecule has 0 saturated carbocycles. The summed E-state index contributed by atoms with van der Waals surface area (Å²) in [6, 6.07) is 19.6. The lowest BCUT2D eigenvalue weighted by Gasteiger charge is -2.55. The monoisotopic (exact) mass is 691 g/mol. The summed E-state index contributed by atoms with van der Waals surface area (Å²) in [6.07, 6.45) is 0.822. The lowest BCUT2D eigenvalue weighted by Crippen LogP contribution is -2.76. The van der Waals surface area contributed by atoms with Gasteiger partial charge in [-0.1, -0.05) is 72.0 Å². The van der Waals surface area contributed by atoms with E-state index in [1.165, 1.54) is 33.4 Å². The number of hydrazine groups is 1. The Morgan fingerprint density at radius 3 is 2.54 bits per heavy atom. The Labute approximate surface area is 280 Å². The third-order valence-corrected chi connectivity index (χ3v) is 9.42. The van der Waals surface area contributed by atoms with Gasteiger partial charge in [0.1, 0.15) is 18.0 Å². The molecule has 0 unspecified atom stereocenters. The van der Waals surface area contributed by atoms with Crippen molar-refractivity contribution in [1.29, 1.82) is 0 Å². The first kappa shape index (κ1) is 33.1. The second-order valence-electron chi connectivity index (χ2n) is 11.4. The highest BCUT2D eigenvalue weighted by Gasteiger charge is 2.51. The molecule has 2 aliphatic heterocycles. The van der Waals surface area contributed by atoms with E-state index in [1.54, 1.807) is 28.1 Å². The fourth-order valence-electron chi connectivity index (χ4n) is 6.10. The van der Waals surface area contributed by atoms with Crippen LogP contribution >= 0.6 is 19.2 Å². The van der Waals surface area contributed by atoms with E-state index in [-0.39, 0.29) is 56.7 Å². The molecule has 3 aromatic carbocycles. The number of thiazole rings is 1. The normalized spacial score (nSPS) is 18.6. The molecular formula is C32H34N7O7PS. The van der Waals surface area contributed by atoms with Crippen LogP contribution in [0, 0.1) is 0 Å². The number of rotatable bonds is 10. The average molecular weight is 692 g/mol. The summed E-state index contributed by atoms with van der Waals surface area (Å²) in [6.45, 7) is 4.31. The van der Waals surface area contributed by atoms with Crippen LogP contribution in [-0.4, -0.2) is 84.3 Å². The molecule has 2 atom stereocenters. The van der Waals surface area contributed by atoms with Gasteiger partial charge in [-0.05, 0) is 34.9 Å². The summed E-state index contributed by atoms with van der Waals surface area (Å²) in [7, 11) is -4.77. The number of anilines is 1. The van der Waals surface area contributed by atoms with E-state index in [1.807, 2.05) is 48.5 Å². The quantitative estimate of drug-likeness (QED) is 0.143. The molecule has 0 aliphatic carbocycles. The first-order chi connectivity index (χ1) is 23.0. The number of aromatic nitrogens is 1. The molecule has 5 N–H and O–H groups in total. The van der Waals surface area contributed by atoms with Gasteiger partial charge < -0.3 is 25.4 Å². The number of hydrogen-bond donors (Lipinski definition) is 4. The molecule has 2 fully saturated rings. The zero-order valence-corrected chi connectivity index (χ0v) is 27.4. The third kappa shape index (κ3) is 7.20. The van der Waals surface area contributed by atoms with E-state index in [0.29, 0.717) is 16.2 Å². The fourth-order valence-corrected chi connectivity index (χ4v) is 7.28. The minimum Gasteiger partial charge on any atom is -0.404 e. The second-order valence-corrected chi connectivity index (χ2v) is 13.6. The van der Waals surface area contributed by atoms with Crippen molar-refractivity contribution < 1.29 is 33.3 Å². The highest BCUT2D eigenvalue weighted by molar-refractivity contribution is 7.46. The minimum atomic E-state index is -4.77. The number of nitrogens with two attached hydrogens (primary N) is 1. The minimum absolute atomic E-state index is 0.0263. The summed E-state index contributed by atoms with van der Waals surface area (Å²) in [5.74, 6) is -0.701. The maximum absolute atomic E-state index is 14.3. The van der Waals surface area contributed by atoms with E-state index in [2.05, 4.69) is 21.4 Å². The molecule has 4 amide bonds. The number of urea groups is 1. The van der Waals surface area contributed by atoms with E-state index < -0.39 is 26.1 Å². The van der Waals surface area contributed by atoms with Crippen molar-refractivity contribution in [2.24, 2.45) is 0 Å². The van der Waals surface area contributed by atoms with Gasteiger partial charge in [-0.15, -0.1) is 6.58 Å². The molecule has 0 bridgehead atoms.